The molecule has 1 aliphatic rings. The van der Waals surface area contributed by atoms with Gasteiger partial charge in [-0.25, -0.2) is 4.98 Å². The predicted molar refractivity (Wildman–Crippen MR) is 134 cm³/mol. The molecule has 5 rings (SSSR count). The van der Waals surface area contributed by atoms with Crippen molar-refractivity contribution >= 4 is 22.6 Å². The summed E-state index contributed by atoms with van der Waals surface area (Å²) in [7, 11) is 1.63. The van der Waals surface area contributed by atoms with Gasteiger partial charge in [-0.15, -0.1) is 0 Å². The van der Waals surface area contributed by atoms with Gasteiger partial charge in [-0.05, 0) is 61.4 Å². The van der Waals surface area contributed by atoms with E-state index in [2.05, 4.69) is 42.7 Å². The number of rotatable bonds is 7. The average molecular weight is 456 g/mol. The van der Waals surface area contributed by atoms with Gasteiger partial charge >= 0.3 is 0 Å². The normalized spacial score (nSPS) is 15.8. The lowest BCUT2D eigenvalue weighted by Gasteiger charge is -2.20. The zero-order chi connectivity index (χ0) is 23.7. The molecular weight excluding hydrogens is 426 g/mol. The van der Waals surface area contributed by atoms with Gasteiger partial charge in [0.15, 0.2) is 0 Å². The molecule has 1 amide bonds. The number of carbonyl (C=O) groups is 1. The Labute approximate surface area is 199 Å². The molecule has 1 fully saturated rings. The van der Waals surface area contributed by atoms with E-state index in [1.54, 1.807) is 7.11 Å². The van der Waals surface area contributed by atoms with Crippen molar-refractivity contribution in [2.75, 3.05) is 25.2 Å². The molecule has 1 saturated heterocycles. The third-order valence-electron chi connectivity index (χ3n) is 6.33. The summed E-state index contributed by atoms with van der Waals surface area (Å²) in [5, 5.41) is 0. The summed E-state index contributed by atoms with van der Waals surface area (Å²) in [4.78, 5) is 19.8. The molecule has 0 bridgehead atoms. The molecule has 6 nitrogen and oxygen atoms in total. The van der Waals surface area contributed by atoms with Crippen molar-refractivity contribution in [3.8, 4) is 11.5 Å². The van der Waals surface area contributed by atoms with Gasteiger partial charge in [0.25, 0.3) is 0 Å². The molecular formula is C28H29N3O3. The number of nitrogens with zero attached hydrogens (tertiary/aromatic N) is 3. The van der Waals surface area contributed by atoms with Crippen LogP contribution in [0, 0.1) is 13.8 Å². The van der Waals surface area contributed by atoms with Crippen molar-refractivity contribution in [1.29, 1.82) is 0 Å². The second-order valence-electron chi connectivity index (χ2n) is 8.86. The van der Waals surface area contributed by atoms with Crippen LogP contribution in [0.2, 0.25) is 0 Å². The van der Waals surface area contributed by atoms with E-state index in [4.69, 9.17) is 14.5 Å². The highest BCUT2D eigenvalue weighted by Gasteiger charge is 2.35. The van der Waals surface area contributed by atoms with Crippen molar-refractivity contribution < 1.29 is 14.3 Å². The molecule has 4 aromatic rings. The van der Waals surface area contributed by atoms with Gasteiger partial charge in [0.1, 0.15) is 23.9 Å². The number of carbonyl (C=O) groups excluding carboxylic acids is 1. The molecule has 6 heteroatoms. The topological polar surface area (TPSA) is 56.6 Å². The molecule has 0 saturated carbocycles. The van der Waals surface area contributed by atoms with Crippen LogP contribution < -0.4 is 14.4 Å². The van der Waals surface area contributed by atoms with Crippen molar-refractivity contribution in [3.63, 3.8) is 0 Å². The number of amides is 1. The smallest absolute Gasteiger partial charge is 0.227 e. The number of methoxy groups -OCH3 is 1. The number of hydrogen-bond donors (Lipinski definition) is 0. The highest BCUT2D eigenvalue weighted by molar-refractivity contribution is 5.97. The Hall–Kier alpha value is -3.80. The quantitative estimate of drug-likeness (QED) is 0.381. The van der Waals surface area contributed by atoms with Crippen LogP contribution in [0.3, 0.4) is 0 Å². The summed E-state index contributed by atoms with van der Waals surface area (Å²) in [6, 6.07) is 22.0. The van der Waals surface area contributed by atoms with Crippen LogP contribution in [-0.2, 0) is 11.3 Å². The Morgan fingerprint density at radius 1 is 1.00 bits per heavy atom. The highest BCUT2D eigenvalue weighted by Crippen LogP contribution is 2.37. The minimum atomic E-state index is -0.00831. The van der Waals surface area contributed by atoms with Gasteiger partial charge in [-0.2, -0.15) is 0 Å². The second kappa shape index (κ2) is 9.21. The number of fused-ring (bicyclic) bond motifs is 1. The first kappa shape index (κ1) is 22.0. The second-order valence-corrected chi connectivity index (χ2v) is 8.86. The van der Waals surface area contributed by atoms with Gasteiger partial charge in [-0.3, -0.25) is 4.79 Å². The van der Waals surface area contributed by atoms with Crippen LogP contribution in [-0.4, -0.2) is 35.7 Å². The summed E-state index contributed by atoms with van der Waals surface area (Å²) in [5.74, 6) is 2.58. The van der Waals surface area contributed by atoms with Crippen LogP contribution in [0.5, 0.6) is 11.5 Å². The van der Waals surface area contributed by atoms with Crippen LogP contribution in [0.15, 0.2) is 66.7 Å². The Morgan fingerprint density at radius 2 is 1.74 bits per heavy atom. The molecule has 1 aliphatic heterocycles. The van der Waals surface area contributed by atoms with E-state index in [1.165, 1.54) is 11.1 Å². The third-order valence-corrected chi connectivity index (χ3v) is 6.33. The molecule has 0 aliphatic carbocycles. The molecule has 1 atom stereocenters. The molecule has 34 heavy (non-hydrogen) atoms. The van der Waals surface area contributed by atoms with Gasteiger partial charge in [0.05, 0.1) is 30.4 Å². The Bertz CT molecular complexity index is 1320. The van der Waals surface area contributed by atoms with E-state index in [0.717, 1.165) is 28.3 Å². The largest absolute Gasteiger partial charge is 0.495 e. The van der Waals surface area contributed by atoms with Crippen molar-refractivity contribution in [2.45, 2.75) is 32.7 Å². The lowest BCUT2D eigenvalue weighted by Crippen LogP contribution is -2.25. The molecule has 3 aromatic carbocycles. The number of hydrogen-bond acceptors (Lipinski definition) is 4. The molecule has 0 unspecified atom stereocenters. The third kappa shape index (κ3) is 4.23. The first-order valence-corrected chi connectivity index (χ1v) is 11.6. The maximum absolute atomic E-state index is 13.0. The fourth-order valence-corrected chi connectivity index (χ4v) is 4.88. The predicted octanol–water partition coefficient (Wildman–Crippen LogP) is 5.26. The molecule has 0 N–H and O–H groups in total. The fraction of sp³-hybridized carbons (Fsp3) is 0.286. The fourth-order valence-electron chi connectivity index (χ4n) is 4.88. The van der Waals surface area contributed by atoms with Crippen molar-refractivity contribution in [3.05, 3.63) is 83.7 Å². The maximum Gasteiger partial charge on any atom is 0.227 e. The van der Waals surface area contributed by atoms with Crippen molar-refractivity contribution in [2.24, 2.45) is 0 Å². The minimum Gasteiger partial charge on any atom is -0.495 e. The summed E-state index contributed by atoms with van der Waals surface area (Å²) in [6.07, 6.45) is 0.416. The van der Waals surface area contributed by atoms with Crippen LogP contribution >= 0.6 is 0 Å². The maximum atomic E-state index is 13.0. The van der Waals surface area contributed by atoms with Gasteiger partial charge in [0, 0.05) is 18.9 Å². The zero-order valence-electron chi connectivity index (χ0n) is 19.8. The number of aromatic nitrogens is 2. The number of benzene rings is 3. The molecule has 2 heterocycles. The summed E-state index contributed by atoms with van der Waals surface area (Å²) in [5.41, 5.74) is 5.17. The first-order valence-electron chi connectivity index (χ1n) is 11.6. The molecule has 0 spiro atoms. The van der Waals surface area contributed by atoms with Gasteiger partial charge < -0.3 is 18.9 Å². The van der Waals surface area contributed by atoms with Crippen LogP contribution in [0.1, 0.15) is 29.3 Å². The van der Waals surface area contributed by atoms with E-state index >= 15 is 0 Å². The SMILES string of the molecule is COc1ccccc1N1C[C@H](c2nc3ccccc3n2CCOc2cc(C)cc(C)c2)CC1=O. The summed E-state index contributed by atoms with van der Waals surface area (Å²) >= 11 is 0. The molecule has 1 aromatic heterocycles. The number of para-hydroxylation sites is 4. The Balaban J connectivity index is 1.41. The van der Waals surface area contributed by atoms with Crippen molar-refractivity contribution in [1.82, 2.24) is 9.55 Å². The number of ether oxygens (including phenoxy) is 2. The van der Waals surface area contributed by atoms with E-state index in [-0.39, 0.29) is 11.8 Å². The molecule has 0 radical (unpaired) electrons. The van der Waals surface area contributed by atoms with Crippen LogP contribution in [0.4, 0.5) is 5.69 Å². The monoisotopic (exact) mass is 455 g/mol. The number of imidazole rings is 1. The van der Waals surface area contributed by atoms with Gasteiger partial charge in [-0.1, -0.05) is 30.3 Å². The summed E-state index contributed by atoms with van der Waals surface area (Å²) in [6.45, 7) is 5.90. The number of aryl methyl sites for hydroxylation is 2. The lowest BCUT2D eigenvalue weighted by atomic mass is 10.1. The number of anilines is 1. The van der Waals surface area contributed by atoms with E-state index in [0.29, 0.717) is 31.9 Å². The van der Waals surface area contributed by atoms with E-state index in [9.17, 15) is 4.79 Å². The highest BCUT2D eigenvalue weighted by atomic mass is 16.5. The van der Waals surface area contributed by atoms with Crippen LogP contribution in [0.25, 0.3) is 11.0 Å². The Morgan fingerprint density at radius 3 is 2.53 bits per heavy atom. The zero-order valence-corrected chi connectivity index (χ0v) is 19.8. The average Bonchev–Trinajstić information content (AvgIpc) is 3.39. The lowest BCUT2D eigenvalue weighted by molar-refractivity contribution is -0.117. The van der Waals surface area contributed by atoms with Gasteiger partial charge in [0.2, 0.25) is 5.91 Å². The molecule has 174 valence electrons. The first-order chi connectivity index (χ1) is 16.5. The minimum absolute atomic E-state index is 0.00831. The van der Waals surface area contributed by atoms with E-state index < -0.39 is 0 Å². The van der Waals surface area contributed by atoms with E-state index in [1.807, 2.05) is 47.4 Å². The standard InChI is InChI=1S/C28H29N3O3/c1-19-14-20(2)16-22(15-19)34-13-12-30-24-9-5-4-8-23(24)29-28(30)21-17-27(32)31(18-21)25-10-6-7-11-26(25)33-3/h4-11,14-16,21H,12-13,17-18H2,1-3H3/t21-/m1/s1. The summed E-state index contributed by atoms with van der Waals surface area (Å²) < 4.78 is 13.8. The Kier molecular flexibility index (Phi) is 5.97.